The molecule has 0 aliphatic carbocycles. The smallest absolute Gasteiger partial charge is 0.159 e. The number of aromatic amines is 2. The molecular formula is C26H23N7S. The van der Waals surface area contributed by atoms with Gasteiger partial charge in [0.2, 0.25) is 0 Å². The van der Waals surface area contributed by atoms with Crippen molar-refractivity contribution in [1.29, 1.82) is 0 Å². The fraction of sp³-hybridized carbons (Fsp3) is 0.154. The molecule has 8 heteroatoms. The Morgan fingerprint density at radius 2 is 1.79 bits per heavy atom. The van der Waals surface area contributed by atoms with Crippen LogP contribution in [0.2, 0.25) is 0 Å². The van der Waals surface area contributed by atoms with Crippen LogP contribution in [-0.2, 0) is 6.54 Å². The SMILES string of the molecule is Cc1ccc(-c2cncc3[nH]c(-c4n[nH]c5ccc(-c6cncc(CN(C)C)c6)cc45)nc23)s1. The van der Waals surface area contributed by atoms with Crippen LogP contribution < -0.4 is 0 Å². The quantitative estimate of drug-likeness (QED) is 0.343. The van der Waals surface area contributed by atoms with Gasteiger partial charge in [-0.25, -0.2) is 4.98 Å². The Bertz CT molecular complexity index is 1640. The molecule has 0 spiro atoms. The van der Waals surface area contributed by atoms with Crippen LogP contribution in [0.25, 0.3) is 55.0 Å². The Balaban J connectivity index is 1.45. The van der Waals surface area contributed by atoms with Crippen LogP contribution in [0, 0.1) is 6.92 Å². The third-order valence-electron chi connectivity index (χ3n) is 5.81. The van der Waals surface area contributed by atoms with E-state index < -0.39 is 0 Å². The molecule has 5 heterocycles. The lowest BCUT2D eigenvalue weighted by Gasteiger charge is -2.10. The van der Waals surface area contributed by atoms with Gasteiger partial charge in [-0.05, 0) is 62.5 Å². The first-order valence-electron chi connectivity index (χ1n) is 11.0. The summed E-state index contributed by atoms with van der Waals surface area (Å²) in [5.41, 5.74) is 7.93. The van der Waals surface area contributed by atoms with Crippen molar-refractivity contribution in [3.8, 4) is 33.1 Å². The van der Waals surface area contributed by atoms with Crippen LogP contribution >= 0.6 is 11.3 Å². The van der Waals surface area contributed by atoms with Crippen molar-refractivity contribution in [2.75, 3.05) is 14.1 Å². The standard InChI is InChI=1S/C26H23N7S/c1-15-4-7-23(34-15)20-12-28-13-22-24(20)30-26(29-22)25-19-9-17(5-6-21(19)31-32-25)18-8-16(10-27-11-18)14-33(2)3/h4-13H,14H2,1-3H3,(H,29,30)(H,31,32). The van der Waals surface area contributed by atoms with Gasteiger partial charge in [0.05, 0.1) is 17.2 Å². The van der Waals surface area contributed by atoms with E-state index in [-0.39, 0.29) is 0 Å². The van der Waals surface area contributed by atoms with Crippen molar-refractivity contribution < 1.29 is 0 Å². The largest absolute Gasteiger partial charge is 0.335 e. The van der Waals surface area contributed by atoms with Crippen LogP contribution in [0.3, 0.4) is 0 Å². The maximum absolute atomic E-state index is 4.95. The topological polar surface area (TPSA) is 86.4 Å². The number of aryl methyl sites for hydroxylation is 1. The molecule has 5 aromatic heterocycles. The van der Waals surface area contributed by atoms with Gasteiger partial charge >= 0.3 is 0 Å². The zero-order valence-electron chi connectivity index (χ0n) is 19.1. The molecule has 34 heavy (non-hydrogen) atoms. The highest BCUT2D eigenvalue weighted by Crippen LogP contribution is 2.35. The fourth-order valence-corrected chi connectivity index (χ4v) is 5.15. The molecule has 6 rings (SSSR count). The maximum atomic E-state index is 4.95. The minimum atomic E-state index is 0.723. The molecule has 0 aliphatic heterocycles. The third kappa shape index (κ3) is 3.67. The zero-order chi connectivity index (χ0) is 23.2. The van der Waals surface area contributed by atoms with Crippen molar-refractivity contribution in [2.45, 2.75) is 13.5 Å². The highest BCUT2D eigenvalue weighted by Gasteiger charge is 2.17. The van der Waals surface area contributed by atoms with E-state index in [2.05, 4.69) is 87.5 Å². The second-order valence-corrected chi connectivity index (χ2v) is 10.0. The molecule has 2 N–H and O–H groups in total. The predicted molar refractivity (Wildman–Crippen MR) is 138 cm³/mol. The van der Waals surface area contributed by atoms with E-state index in [9.17, 15) is 0 Å². The number of nitrogens with zero attached hydrogens (tertiary/aromatic N) is 5. The molecule has 0 fully saturated rings. The van der Waals surface area contributed by atoms with Gasteiger partial charge in [-0.3, -0.25) is 15.1 Å². The van der Waals surface area contributed by atoms with Crippen LogP contribution in [0.4, 0.5) is 0 Å². The first-order valence-corrected chi connectivity index (χ1v) is 11.8. The first kappa shape index (κ1) is 20.7. The van der Waals surface area contributed by atoms with E-state index in [1.807, 2.05) is 24.8 Å². The van der Waals surface area contributed by atoms with Gasteiger partial charge in [0.15, 0.2) is 5.82 Å². The number of hydrogen-bond acceptors (Lipinski definition) is 6. The number of benzene rings is 1. The van der Waals surface area contributed by atoms with Crippen LogP contribution in [-0.4, -0.2) is 49.1 Å². The summed E-state index contributed by atoms with van der Waals surface area (Å²) in [5, 5.41) is 8.76. The number of thiophene rings is 1. The highest BCUT2D eigenvalue weighted by atomic mass is 32.1. The summed E-state index contributed by atoms with van der Waals surface area (Å²) in [6.45, 7) is 2.95. The molecule has 0 saturated heterocycles. The van der Waals surface area contributed by atoms with E-state index >= 15 is 0 Å². The summed E-state index contributed by atoms with van der Waals surface area (Å²) in [6.07, 6.45) is 7.52. The van der Waals surface area contributed by atoms with E-state index in [1.165, 1.54) is 10.4 Å². The maximum Gasteiger partial charge on any atom is 0.159 e. The van der Waals surface area contributed by atoms with Gasteiger partial charge in [0.1, 0.15) is 11.2 Å². The molecule has 0 saturated carbocycles. The molecule has 6 aromatic rings. The number of nitrogens with one attached hydrogen (secondary N) is 2. The minimum absolute atomic E-state index is 0.723. The van der Waals surface area contributed by atoms with Crippen LogP contribution in [0.5, 0.6) is 0 Å². The van der Waals surface area contributed by atoms with Gasteiger partial charge < -0.3 is 9.88 Å². The average molecular weight is 466 g/mol. The van der Waals surface area contributed by atoms with Gasteiger partial charge in [-0.1, -0.05) is 6.07 Å². The number of fused-ring (bicyclic) bond motifs is 2. The highest BCUT2D eigenvalue weighted by molar-refractivity contribution is 7.15. The van der Waals surface area contributed by atoms with Gasteiger partial charge in [0.25, 0.3) is 0 Å². The summed E-state index contributed by atoms with van der Waals surface area (Å²) in [6, 6.07) is 12.7. The van der Waals surface area contributed by atoms with Crippen molar-refractivity contribution in [2.24, 2.45) is 0 Å². The summed E-state index contributed by atoms with van der Waals surface area (Å²) in [4.78, 5) is 21.8. The predicted octanol–water partition coefficient (Wildman–Crippen LogP) is 5.66. The molecule has 0 atom stereocenters. The fourth-order valence-electron chi connectivity index (χ4n) is 4.28. The van der Waals surface area contributed by atoms with Crippen molar-refractivity contribution in [3.05, 3.63) is 71.6 Å². The second kappa shape index (κ2) is 8.16. The number of imidazole rings is 1. The molecule has 0 aliphatic rings. The monoisotopic (exact) mass is 465 g/mol. The Hall–Kier alpha value is -3.88. The van der Waals surface area contributed by atoms with E-state index in [0.29, 0.717) is 0 Å². The molecule has 1 aromatic carbocycles. The number of hydrogen-bond donors (Lipinski definition) is 2. The number of rotatable bonds is 5. The van der Waals surface area contributed by atoms with Crippen molar-refractivity contribution in [3.63, 3.8) is 0 Å². The van der Waals surface area contributed by atoms with Crippen LogP contribution in [0.1, 0.15) is 10.4 Å². The molecule has 0 radical (unpaired) electrons. The van der Waals surface area contributed by atoms with Gasteiger partial charge in [0, 0.05) is 51.4 Å². The lowest BCUT2D eigenvalue weighted by molar-refractivity contribution is 0.402. The van der Waals surface area contributed by atoms with E-state index in [1.54, 1.807) is 11.3 Å². The normalized spacial score (nSPS) is 11.8. The molecule has 0 amide bonds. The lowest BCUT2D eigenvalue weighted by Crippen LogP contribution is -2.10. The van der Waals surface area contributed by atoms with Gasteiger partial charge in [-0.2, -0.15) is 5.10 Å². The van der Waals surface area contributed by atoms with Crippen LogP contribution in [0.15, 0.2) is 61.2 Å². The Kier molecular flexibility index (Phi) is 4.97. The zero-order valence-corrected chi connectivity index (χ0v) is 19.9. The Morgan fingerprint density at radius 1 is 0.912 bits per heavy atom. The summed E-state index contributed by atoms with van der Waals surface area (Å²) >= 11 is 1.74. The molecule has 0 bridgehead atoms. The summed E-state index contributed by atoms with van der Waals surface area (Å²) in [7, 11) is 4.12. The lowest BCUT2D eigenvalue weighted by atomic mass is 10.0. The molecule has 0 unspecified atom stereocenters. The summed E-state index contributed by atoms with van der Waals surface area (Å²) < 4.78 is 0. The third-order valence-corrected chi connectivity index (χ3v) is 6.85. The number of H-pyrrole nitrogens is 2. The van der Waals surface area contributed by atoms with E-state index in [0.717, 1.165) is 61.6 Å². The molecule has 7 nitrogen and oxygen atoms in total. The molecular weight excluding hydrogens is 442 g/mol. The van der Waals surface area contributed by atoms with E-state index in [4.69, 9.17) is 4.98 Å². The minimum Gasteiger partial charge on any atom is -0.335 e. The second-order valence-electron chi connectivity index (χ2n) is 8.73. The summed E-state index contributed by atoms with van der Waals surface area (Å²) in [5.74, 6) is 0.723. The average Bonchev–Trinajstić information content (AvgIpc) is 3.55. The van der Waals surface area contributed by atoms with Gasteiger partial charge in [-0.15, -0.1) is 11.3 Å². The Labute approximate surface area is 200 Å². The van der Waals surface area contributed by atoms with Crippen molar-refractivity contribution in [1.82, 2.24) is 35.0 Å². The first-order chi connectivity index (χ1) is 16.5. The van der Waals surface area contributed by atoms with Crippen molar-refractivity contribution >= 4 is 33.3 Å². The number of pyridine rings is 2. The Morgan fingerprint density at radius 3 is 2.62 bits per heavy atom. The molecule has 168 valence electrons. The number of aromatic nitrogens is 6.